The number of thiophene rings is 1. The normalized spacial score (nSPS) is 23.9. The topological polar surface area (TPSA) is 83.6 Å². The number of aryl methyl sites for hydroxylation is 1. The molecule has 0 bridgehead atoms. The third kappa shape index (κ3) is 2.75. The molecule has 0 aliphatic carbocycles. The number of carbonyl (C=O) groups excluding carboxylic acids is 2. The van der Waals surface area contributed by atoms with E-state index < -0.39 is 20.5 Å². The first kappa shape index (κ1) is 17.4. The van der Waals surface area contributed by atoms with E-state index in [-0.39, 0.29) is 30.7 Å². The van der Waals surface area contributed by atoms with Crippen LogP contribution in [0.5, 0.6) is 0 Å². The van der Waals surface area contributed by atoms with Gasteiger partial charge >= 0.3 is 0 Å². The van der Waals surface area contributed by atoms with Gasteiger partial charge in [-0.2, -0.15) is 0 Å². The van der Waals surface area contributed by atoms with Crippen molar-refractivity contribution in [3.8, 4) is 0 Å². The van der Waals surface area contributed by atoms with E-state index in [4.69, 9.17) is 0 Å². The lowest BCUT2D eigenvalue weighted by atomic mass is 9.82. The van der Waals surface area contributed by atoms with Crippen LogP contribution in [0.2, 0.25) is 0 Å². The van der Waals surface area contributed by atoms with E-state index in [9.17, 15) is 18.0 Å². The summed E-state index contributed by atoms with van der Waals surface area (Å²) in [5, 5.41) is 2.89. The smallest absolute Gasteiger partial charge is 0.225 e. The van der Waals surface area contributed by atoms with Gasteiger partial charge in [-0.05, 0) is 25.0 Å². The van der Waals surface area contributed by atoms with Gasteiger partial charge in [0, 0.05) is 29.8 Å². The highest BCUT2D eigenvalue weighted by Gasteiger charge is 2.64. The van der Waals surface area contributed by atoms with Crippen molar-refractivity contribution in [3.05, 3.63) is 21.9 Å². The molecule has 0 saturated carbocycles. The van der Waals surface area contributed by atoms with Crippen LogP contribution >= 0.6 is 11.3 Å². The molecule has 0 radical (unpaired) electrons. The van der Waals surface area contributed by atoms with Crippen LogP contribution < -0.4 is 5.32 Å². The lowest BCUT2D eigenvalue weighted by molar-refractivity contribution is -0.138. The molecule has 1 aromatic rings. The van der Waals surface area contributed by atoms with Crippen molar-refractivity contribution in [3.63, 3.8) is 0 Å². The van der Waals surface area contributed by atoms with Crippen LogP contribution in [0.15, 0.2) is 12.1 Å². The number of nitrogens with zero attached hydrogens (tertiary/aromatic N) is 1. The zero-order valence-corrected chi connectivity index (χ0v) is 15.5. The minimum Gasteiger partial charge on any atom is -0.351 e. The van der Waals surface area contributed by atoms with Crippen molar-refractivity contribution in [2.45, 2.75) is 38.0 Å². The Kier molecular flexibility index (Phi) is 4.46. The average Bonchev–Trinajstić information content (AvgIpc) is 3.04. The van der Waals surface area contributed by atoms with Gasteiger partial charge in [0.1, 0.15) is 4.75 Å². The van der Waals surface area contributed by atoms with Gasteiger partial charge in [0.15, 0.2) is 9.84 Å². The lowest BCUT2D eigenvalue weighted by Gasteiger charge is -2.49. The Labute approximate surface area is 146 Å². The summed E-state index contributed by atoms with van der Waals surface area (Å²) in [4.78, 5) is 27.8. The summed E-state index contributed by atoms with van der Waals surface area (Å²) in [6, 6.07) is 4.04. The molecule has 2 aliphatic rings. The Balaban J connectivity index is 1.69. The van der Waals surface area contributed by atoms with Crippen LogP contribution in [0.1, 0.15) is 30.0 Å². The molecular weight excluding hydrogens is 348 g/mol. The van der Waals surface area contributed by atoms with Gasteiger partial charge in [-0.15, -0.1) is 11.3 Å². The van der Waals surface area contributed by atoms with E-state index in [0.29, 0.717) is 13.0 Å². The van der Waals surface area contributed by atoms with Crippen LogP contribution in [0.3, 0.4) is 0 Å². The zero-order chi connectivity index (χ0) is 17.5. The van der Waals surface area contributed by atoms with E-state index in [0.717, 1.165) is 11.3 Å². The molecule has 2 saturated heterocycles. The second-order valence-corrected chi connectivity index (χ2v) is 10.2. The number of likely N-dealkylation sites (tertiary alicyclic amines) is 1. The number of hydrogen-bond acceptors (Lipinski definition) is 5. The predicted molar refractivity (Wildman–Crippen MR) is 92.4 cm³/mol. The Morgan fingerprint density at radius 1 is 1.33 bits per heavy atom. The van der Waals surface area contributed by atoms with Crippen molar-refractivity contribution in [2.24, 2.45) is 5.92 Å². The summed E-state index contributed by atoms with van der Waals surface area (Å²) < 4.78 is 23.8. The maximum absolute atomic E-state index is 12.6. The second-order valence-electron chi connectivity index (χ2n) is 6.54. The molecule has 3 rings (SSSR count). The average molecular weight is 370 g/mol. The molecule has 1 unspecified atom stereocenters. The molecule has 8 heteroatoms. The Bertz CT molecular complexity index is 763. The number of sulfone groups is 1. The third-order valence-corrected chi connectivity index (χ3v) is 8.90. The van der Waals surface area contributed by atoms with Crippen LogP contribution in [0.25, 0.3) is 0 Å². The molecule has 2 aliphatic heterocycles. The van der Waals surface area contributed by atoms with Crippen molar-refractivity contribution >= 4 is 33.0 Å². The van der Waals surface area contributed by atoms with E-state index >= 15 is 0 Å². The summed E-state index contributed by atoms with van der Waals surface area (Å²) in [7, 11) is -3.35. The molecule has 2 fully saturated rings. The first-order valence-electron chi connectivity index (χ1n) is 8.12. The summed E-state index contributed by atoms with van der Waals surface area (Å²) in [5.74, 6) is -0.905. The Morgan fingerprint density at radius 3 is 2.58 bits per heavy atom. The molecule has 1 aromatic heterocycles. The van der Waals surface area contributed by atoms with Crippen LogP contribution in [0.4, 0.5) is 0 Å². The van der Waals surface area contributed by atoms with Gasteiger partial charge in [-0.1, -0.05) is 6.92 Å². The van der Waals surface area contributed by atoms with Gasteiger partial charge in [0.05, 0.1) is 18.2 Å². The Hall–Kier alpha value is -1.41. The maximum Gasteiger partial charge on any atom is 0.225 e. The van der Waals surface area contributed by atoms with Gasteiger partial charge in [0.2, 0.25) is 11.8 Å². The van der Waals surface area contributed by atoms with E-state index in [1.54, 1.807) is 11.3 Å². The monoisotopic (exact) mass is 370 g/mol. The van der Waals surface area contributed by atoms with E-state index in [1.807, 2.05) is 12.1 Å². The van der Waals surface area contributed by atoms with E-state index in [2.05, 4.69) is 12.2 Å². The number of amides is 2. The second kappa shape index (κ2) is 6.15. The van der Waals surface area contributed by atoms with Gasteiger partial charge in [-0.25, -0.2) is 8.42 Å². The standard InChI is InChI=1S/C16H22N2O4S2/c1-3-12-4-5-13(23-12)8-17-15(20)14-6-7-24(21,22)16(14)9-18(10-16)11(2)19/h4-5,14H,3,6-10H2,1-2H3,(H,17,20). The van der Waals surface area contributed by atoms with Crippen LogP contribution in [-0.4, -0.2) is 48.7 Å². The predicted octanol–water partition coefficient (Wildman–Crippen LogP) is 0.962. The van der Waals surface area contributed by atoms with Gasteiger partial charge in [0.25, 0.3) is 0 Å². The molecule has 0 aromatic carbocycles. The first-order valence-corrected chi connectivity index (χ1v) is 10.6. The minimum atomic E-state index is -3.35. The zero-order valence-electron chi connectivity index (χ0n) is 13.9. The van der Waals surface area contributed by atoms with E-state index in [1.165, 1.54) is 16.7 Å². The molecule has 1 spiro atoms. The molecule has 132 valence electrons. The SMILES string of the molecule is CCc1ccc(CNC(=O)C2CCS(=O)(=O)C23CN(C(C)=O)C3)s1. The molecule has 2 amide bonds. The lowest BCUT2D eigenvalue weighted by Crippen LogP contribution is -2.69. The van der Waals surface area contributed by atoms with Crippen LogP contribution in [-0.2, 0) is 32.4 Å². The summed E-state index contributed by atoms with van der Waals surface area (Å²) in [5.41, 5.74) is 0. The molecule has 1 N–H and O–H groups in total. The van der Waals surface area contributed by atoms with Crippen molar-refractivity contribution in [1.29, 1.82) is 0 Å². The quantitative estimate of drug-likeness (QED) is 0.856. The summed E-state index contributed by atoms with van der Waals surface area (Å²) in [6.07, 6.45) is 1.30. The Morgan fingerprint density at radius 2 is 2.00 bits per heavy atom. The van der Waals surface area contributed by atoms with Gasteiger partial charge < -0.3 is 10.2 Å². The number of hydrogen-bond donors (Lipinski definition) is 1. The summed E-state index contributed by atoms with van der Waals surface area (Å²) in [6.45, 7) is 4.21. The highest BCUT2D eigenvalue weighted by molar-refractivity contribution is 7.93. The molecular formula is C16H22N2O4S2. The fourth-order valence-electron chi connectivity index (χ4n) is 3.57. The minimum absolute atomic E-state index is 0.0236. The molecule has 6 nitrogen and oxygen atoms in total. The largest absolute Gasteiger partial charge is 0.351 e. The molecule has 24 heavy (non-hydrogen) atoms. The fourth-order valence-corrected chi connectivity index (χ4v) is 6.78. The number of nitrogens with one attached hydrogen (secondary N) is 1. The van der Waals surface area contributed by atoms with Crippen molar-refractivity contribution in [1.82, 2.24) is 10.2 Å². The maximum atomic E-state index is 12.6. The van der Waals surface area contributed by atoms with Crippen LogP contribution in [0, 0.1) is 5.92 Å². The third-order valence-electron chi connectivity index (χ3n) is 5.11. The highest BCUT2D eigenvalue weighted by Crippen LogP contribution is 2.44. The first-order chi connectivity index (χ1) is 11.3. The molecule has 3 heterocycles. The number of rotatable bonds is 4. The highest BCUT2D eigenvalue weighted by atomic mass is 32.2. The fraction of sp³-hybridized carbons (Fsp3) is 0.625. The molecule has 1 atom stereocenters. The van der Waals surface area contributed by atoms with Crippen molar-refractivity contribution in [2.75, 3.05) is 18.8 Å². The van der Waals surface area contributed by atoms with Crippen molar-refractivity contribution < 1.29 is 18.0 Å². The van der Waals surface area contributed by atoms with Gasteiger partial charge in [-0.3, -0.25) is 9.59 Å². The number of carbonyl (C=O) groups is 2. The summed E-state index contributed by atoms with van der Waals surface area (Å²) >= 11 is 1.66.